The molecular weight excluding hydrogens is 591 g/mol. The summed E-state index contributed by atoms with van der Waals surface area (Å²) in [7, 11) is 0. The number of rotatable bonds is 4. The Kier molecular flexibility index (Phi) is 5.78. The van der Waals surface area contributed by atoms with Crippen LogP contribution in [0.25, 0.3) is 92.2 Å². The van der Waals surface area contributed by atoms with Crippen LogP contribution in [-0.2, 0) is 0 Å². The predicted molar refractivity (Wildman–Crippen MR) is 200 cm³/mol. The molecule has 0 saturated carbocycles. The fourth-order valence-corrected chi connectivity index (χ4v) is 8.30. The highest BCUT2D eigenvalue weighted by Crippen LogP contribution is 2.41. The standard InChI is InChI=1S/C44H27NOS/c1-3-9-28(10-4-1)32-19-22-35-36-23-20-33(27-42(36)47-41(35)26-32)30-17-15-29(16-18-30)31-21-24-40-38(25-31)43-44(46-40)37-13-7-8-14-39(37)45(43)34-11-5-2-6-12-34/h1-27H. The molecule has 0 atom stereocenters. The topological polar surface area (TPSA) is 18.1 Å². The van der Waals surface area contributed by atoms with E-state index in [1.165, 1.54) is 53.6 Å². The van der Waals surface area contributed by atoms with E-state index in [1.54, 1.807) is 0 Å². The molecule has 0 unspecified atom stereocenters. The van der Waals surface area contributed by atoms with Gasteiger partial charge in [0.15, 0.2) is 5.58 Å². The van der Waals surface area contributed by atoms with Crippen molar-refractivity contribution in [1.29, 1.82) is 0 Å². The summed E-state index contributed by atoms with van der Waals surface area (Å²) >= 11 is 1.87. The summed E-state index contributed by atoms with van der Waals surface area (Å²) < 4.78 is 11.5. The molecular formula is C44H27NOS. The molecule has 3 aromatic heterocycles. The van der Waals surface area contributed by atoms with Crippen molar-refractivity contribution in [1.82, 2.24) is 4.57 Å². The highest BCUT2D eigenvalue weighted by molar-refractivity contribution is 7.25. The SMILES string of the molecule is c1ccc(-c2ccc3c(c2)sc2cc(-c4ccc(-c5ccc6oc7c8ccccc8n(-c8ccccc8)c7c6c5)cc4)ccc23)cc1. The number of hydrogen-bond acceptors (Lipinski definition) is 2. The van der Waals surface area contributed by atoms with E-state index in [4.69, 9.17) is 4.42 Å². The number of benzene rings is 7. The zero-order valence-corrected chi connectivity index (χ0v) is 26.2. The molecule has 47 heavy (non-hydrogen) atoms. The Morgan fingerprint density at radius 1 is 0.404 bits per heavy atom. The Morgan fingerprint density at radius 2 is 0.936 bits per heavy atom. The minimum absolute atomic E-state index is 0.901. The van der Waals surface area contributed by atoms with Crippen molar-refractivity contribution < 1.29 is 4.42 Å². The molecule has 10 rings (SSSR count). The van der Waals surface area contributed by atoms with Gasteiger partial charge >= 0.3 is 0 Å². The number of para-hydroxylation sites is 2. The first-order chi connectivity index (χ1) is 23.3. The molecule has 0 fully saturated rings. The molecule has 0 aliphatic carbocycles. The van der Waals surface area contributed by atoms with Gasteiger partial charge in [-0.05, 0) is 81.9 Å². The zero-order chi connectivity index (χ0) is 30.9. The number of aromatic nitrogens is 1. The maximum absolute atomic E-state index is 6.50. The second-order valence-electron chi connectivity index (χ2n) is 12.1. The van der Waals surface area contributed by atoms with E-state index in [1.807, 2.05) is 11.3 Å². The van der Waals surface area contributed by atoms with Crippen molar-refractivity contribution in [2.75, 3.05) is 0 Å². The fraction of sp³-hybridized carbons (Fsp3) is 0. The Balaban J connectivity index is 1.03. The summed E-state index contributed by atoms with van der Waals surface area (Å²) in [5.74, 6) is 0. The molecule has 0 N–H and O–H groups in total. The summed E-state index contributed by atoms with van der Waals surface area (Å²) in [6.45, 7) is 0. The third-order valence-corrected chi connectivity index (χ3v) is 10.5. The maximum Gasteiger partial charge on any atom is 0.161 e. The van der Waals surface area contributed by atoms with E-state index in [9.17, 15) is 0 Å². The minimum Gasteiger partial charge on any atom is -0.454 e. The van der Waals surface area contributed by atoms with Gasteiger partial charge in [-0.1, -0.05) is 115 Å². The van der Waals surface area contributed by atoms with Gasteiger partial charge in [-0.15, -0.1) is 11.3 Å². The zero-order valence-electron chi connectivity index (χ0n) is 25.4. The minimum atomic E-state index is 0.901. The second kappa shape index (κ2) is 10.3. The lowest BCUT2D eigenvalue weighted by molar-refractivity contribution is 0.673. The lowest BCUT2D eigenvalue weighted by Gasteiger charge is -2.08. The van der Waals surface area contributed by atoms with Crippen LogP contribution in [0.5, 0.6) is 0 Å². The largest absolute Gasteiger partial charge is 0.454 e. The molecule has 0 saturated heterocycles. The summed E-state index contributed by atoms with van der Waals surface area (Å²) in [4.78, 5) is 0. The first kappa shape index (κ1) is 26.3. The van der Waals surface area contributed by atoms with E-state index >= 15 is 0 Å². The number of hydrogen-bond donors (Lipinski definition) is 0. The molecule has 3 heteroatoms. The van der Waals surface area contributed by atoms with Crippen molar-refractivity contribution in [3.05, 3.63) is 164 Å². The van der Waals surface area contributed by atoms with Gasteiger partial charge in [0.2, 0.25) is 0 Å². The molecule has 2 nitrogen and oxygen atoms in total. The molecule has 220 valence electrons. The maximum atomic E-state index is 6.50. The van der Waals surface area contributed by atoms with Crippen LogP contribution >= 0.6 is 11.3 Å². The van der Waals surface area contributed by atoms with Crippen LogP contribution in [0.4, 0.5) is 0 Å². The van der Waals surface area contributed by atoms with Gasteiger partial charge in [0.1, 0.15) is 11.1 Å². The first-order valence-electron chi connectivity index (χ1n) is 15.9. The van der Waals surface area contributed by atoms with E-state index < -0.39 is 0 Å². The Hall–Kier alpha value is -5.90. The molecule has 0 spiro atoms. The Labute approximate surface area is 275 Å². The van der Waals surface area contributed by atoms with Gasteiger partial charge < -0.3 is 8.98 Å². The first-order valence-corrected chi connectivity index (χ1v) is 16.7. The van der Waals surface area contributed by atoms with Crippen LogP contribution in [0.3, 0.4) is 0 Å². The van der Waals surface area contributed by atoms with Crippen molar-refractivity contribution in [2.24, 2.45) is 0 Å². The van der Waals surface area contributed by atoms with Crippen LogP contribution in [0.15, 0.2) is 168 Å². The molecule has 3 heterocycles. The van der Waals surface area contributed by atoms with Crippen molar-refractivity contribution in [2.45, 2.75) is 0 Å². The Morgan fingerprint density at radius 3 is 1.62 bits per heavy atom. The third kappa shape index (κ3) is 4.17. The molecule has 0 amide bonds. The highest BCUT2D eigenvalue weighted by atomic mass is 32.1. The lowest BCUT2D eigenvalue weighted by Crippen LogP contribution is -1.92. The van der Waals surface area contributed by atoms with Crippen molar-refractivity contribution in [3.8, 4) is 39.1 Å². The average molecular weight is 618 g/mol. The molecule has 10 aromatic rings. The van der Waals surface area contributed by atoms with E-state index in [0.717, 1.165) is 38.7 Å². The average Bonchev–Trinajstić information content (AvgIpc) is 3.80. The van der Waals surface area contributed by atoms with Crippen LogP contribution in [0, 0.1) is 0 Å². The summed E-state index contributed by atoms with van der Waals surface area (Å²) in [6, 6.07) is 58.9. The van der Waals surface area contributed by atoms with Crippen LogP contribution in [-0.4, -0.2) is 4.57 Å². The van der Waals surface area contributed by atoms with Gasteiger partial charge in [-0.25, -0.2) is 0 Å². The lowest BCUT2D eigenvalue weighted by atomic mass is 9.98. The molecule has 0 bridgehead atoms. The second-order valence-corrected chi connectivity index (χ2v) is 13.2. The number of nitrogens with zero attached hydrogens (tertiary/aromatic N) is 1. The van der Waals surface area contributed by atoms with Crippen molar-refractivity contribution >= 4 is 64.5 Å². The van der Waals surface area contributed by atoms with Gasteiger partial charge in [0, 0.05) is 36.6 Å². The normalized spacial score (nSPS) is 11.8. The number of fused-ring (bicyclic) bond motifs is 8. The van der Waals surface area contributed by atoms with Gasteiger partial charge in [-0.2, -0.15) is 0 Å². The van der Waals surface area contributed by atoms with Crippen LogP contribution < -0.4 is 0 Å². The quantitative estimate of drug-likeness (QED) is 0.192. The summed E-state index contributed by atoms with van der Waals surface area (Å²) in [5.41, 5.74) is 12.5. The van der Waals surface area contributed by atoms with E-state index in [0.29, 0.717) is 0 Å². The summed E-state index contributed by atoms with van der Waals surface area (Å²) in [6.07, 6.45) is 0. The monoisotopic (exact) mass is 617 g/mol. The van der Waals surface area contributed by atoms with Crippen LogP contribution in [0.2, 0.25) is 0 Å². The van der Waals surface area contributed by atoms with E-state index in [-0.39, 0.29) is 0 Å². The highest BCUT2D eigenvalue weighted by Gasteiger charge is 2.19. The predicted octanol–water partition coefficient (Wildman–Crippen LogP) is 12.9. The molecule has 0 aliphatic rings. The Bertz CT molecular complexity index is 2770. The van der Waals surface area contributed by atoms with Crippen molar-refractivity contribution in [3.63, 3.8) is 0 Å². The van der Waals surface area contributed by atoms with Gasteiger partial charge in [-0.3, -0.25) is 0 Å². The summed E-state index contributed by atoms with van der Waals surface area (Å²) in [5, 5.41) is 4.88. The molecule has 0 radical (unpaired) electrons. The van der Waals surface area contributed by atoms with Gasteiger partial charge in [0.05, 0.1) is 5.52 Å². The fourth-order valence-electron chi connectivity index (χ4n) is 7.12. The number of thiophene rings is 1. The molecule has 7 aromatic carbocycles. The van der Waals surface area contributed by atoms with Crippen LogP contribution in [0.1, 0.15) is 0 Å². The number of furan rings is 1. The smallest absolute Gasteiger partial charge is 0.161 e. The van der Waals surface area contributed by atoms with E-state index in [2.05, 4.69) is 168 Å². The third-order valence-electron chi connectivity index (χ3n) is 9.42. The molecule has 0 aliphatic heterocycles. The van der Waals surface area contributed by atoms with Gasteiger partial charge in [0.25, 0.3) is 0 Å².